The van der Waals surface area contributed by atoms with Crippen LogP contribution < -0.4 is 0 Å². The molecule has 0 aromatic rings. The van der Waals surface area contributed by atoms with Crippen molar-refractivity contribution in [2.45, 2.75) is 12.4 Å². The zero-order chi connectivity index (χ0) is 7.44. The molecule has 0 aliphatic heterocycles. The summed E-state index contributed by atoms with van der Waals surface area (Å²) in [6.07, 6.45) is -4.50. The highest BCUT2D eigenvalue weighted by Crippen LogP contribution is 1.97. The van der Waals surface area contributed by atoms with Crippen molar-refractivity contribution in [3.63, 3.8) is 0 Å². The number of nitro groups is 1. The first-order valence-electron chi connectivity index (χ1n) is 2.16. The van der Waals surface area contributed by atoms with Gasteiger partial charge in [0.15, 0.2) is 0 Å². The second-order valence-electron chi connectivity index (χ2n) is 1.40. The summed E-state index contributed by atoms with van der Waals surface area (Å²) < 4.78 is 11.8. The number of aliphatic hydroxyl groups is 2. The van der Waals surface area contributed by atoms with Crippen molar-refractivity contribution < 1.29 is 19.5 Å². The Morgan fingerprint density at radius 3 is 2.33 bits per heavy atom. The fraction of sp³-hybridized carbons (Fsp3) is 1.00. The van der Waals surface area contributed by atoms with E-state index in [-0.39, 0.29) is 0 Å². The summed E-state index contributed by atoms with van der Waals surface area (Å²) in [4.78, 5) is 8.30. The second-order valence-corrected chi connectivity index (χ2v) is 1.40. The van der Waals surface area contributed by atoms with E-state index in [0.717, 1.165) is 0 Å². The Morgan fingerprint density at radius 2 is 2.22 bits per heavy atom. The second kappa shape index (κ2) is 3.31. The van der Waals surface area contributed by atoms with E-state index in [1.807, 2.05) is 0 Å². The zero-order valence-corrected chi connectivity index (χ0v) is 4.40. The third-order valence-electron chi connectivity index (χ3n) is 0.714. The minimum Gasteiger partial charge on any atom is -0.393 e. The molecule has 54 valence electrons. The van der Waals surface area contributed by atoms with Gasteiger partial charge in [-0.3, -0.25) is 10.1 Å². The lowest BCUT2D eigenvalue weighted by atomic mass is 10.4. The lowest BCUT2D eigenvalue weighted by Gasteiger charge is -2.03. The van der Waals surface area contributed by atoms with Gasteiger partial charge in [-0.15, -0.1) is 0 Å². The standard InChI is InChI=1S/C3H6FNO4/c4-2(1-6)3(7)5(8)9/h2-3,6-7H,1H2. The van der Waals surface area contributed by atoms with Gasteiger partial charge < -0.3 is 10.2 Å². The van der Waals surface area contributed by atoms with E-state index in [1.165, 1.54) is 0 Å². The third kappa shape index (κ3) is 2.34. The van der Waals surface area contributed by atoms with Crippen molar-refractivity contribution in [2.24, 2.45) is 0 Å². The van der Waals surface area contributed by atoms with Gasteiger partial charge in [-0.25, -0.2) is 4.39 Å². The molecule has 0 rings (SSSR count). The van der Waals surface area contributed by atoms with Gasteiger partial charge in [-0.1, -0.05) is 0 Å². The Hall–Kier alpha value is -0.750. The average molecular weight is 139 g/mol. The molecule has 0 bridgehead atoms. The van der Waals surface area contributed by atoms with Crippen molar-refractivity contribution in [1.29, 1.82) is 0 Å². The number of alkyl halides is 1. The van der Waals surface area contributed by atoms with Gasteiger partial charge in [0.05, 0.1) is 11.5 Å². The van der Waals surface area contributed by atoms with E-state index in [2.05, 4.69) is 0 Å². The molecule has 0 aliphatic carbocycles. The molecule has 2 N–H and O–H groups in total. The molecule has 2 atom stereocenters. The lowest BCUT2D eigenvalue weighted by molar-refractivity contribution is -0.579. The van der Waals surface area contributed by atoms with Crippen LogP contribution in [0.3, 0.4) is 0 Å². The highest BCUT2D eigenvalue weighted by Gasteiger charge is 2.27. The summed E-state index contributed by atoms with van der Waals surface area (Å²) in [5.41, 5.74) is 0. The lowest BCUT2D eigenvalue weighted by Crippen LogP contribution is -2.32. The Kier molecular flexibility index (Phi) is 3.03. The van der Waals surface area contributed by atoms with Gasteiger partial charge in [-0.2, -0.15) is 0 Å². The van der Waals surface area contributed by atoms with E-state index >= 15 is 0 Å². The molecule has 0 amide bonds. The summed E-state index contributed by atoms with van der Waals surface area (Å²) in [6.45, 7) is -1.04. The molecule has 0 fully saturated rings. The van der Waals surface area contributed by atoms with Crippen molar-refractivity contribution >= 4 is 0 Å². The van der Waals surface area contributed by atoms with Gasteiger partial charge in [-0.05, 0) is 0 Å². The maximum Gasteiger partial charge on any atom is 0.346 e. The SMILES string of the molecule is O=[N+]([O-])C(O)C(F)CO. The van der Waals surface area contributed by atoms with Crippen molar-refractivity contribution in [3.8, 4) is 0 Å². The van der Waals surface area contributed by atoms with Gasteiger partial charge in [0.2, 0.25) is 6.17 Å². The van der Waals surface area contributed by atoms with Gasteiger partial charge in [0, 0.05) is 0 Å². The molecule has 5 nitrogen and oxygen atoms in total. The summed E-state index contributed by atoms with van der Waals surface area (Å²) >= 11 is 0. The smallest absolute Gasteiger partial charge is 0.346 e. The first-order valence-corrected chi connectivity index (χ1v) is 2.16. The molecule has 6 heteroatoms. The average Bonchev–Trinajstić information content (AvgIpc) is 1.84. The maximum absolute atomic E-state index is 11.8. The minimum absolute atomic E-state index is 1.04. The largest absolute Gasteiger partial charge is 0.393 e. The molecular formula is C3H6FNO4. The molecule has 2 unspecified atom stereocenters. The van der Waals surface area contributed by atoms with Crippen molar-refractivity contribution in [2.75, 3.05) is 6.61 Å². The van der Waals surface area contributed by atoms with E-state index < -0.39 is 23.9 Å². The Bertz CT molecular complexity index is 108. The third-order valence-corrected chi connectivity index (χ3v) is 0.714. The van der Waals surface area contributed by atoms with Crippen LogP contribution in [-0.2, 0) is 0 Å². The normalized spacial score (nSPS) is 16.8. The predicted molar refractivity (Wildman–Crippen MR) is 25.0 cm³/mol. The predicted octanol–water partition coefficient (Wildman–Crippen LogP) is -1.09. The molecule has 0 saturated heterocycles. The van der Waals surface area contributed by atoms with Crippen molar-refractivity contribution in [3.05, 3.63) is 10.1 Å². The minimum atomic E-state index is -2.31. The molecule has 0 aromatic carbocycles. The van der Waals surface area contributed by atoms with Crippen LogP contribution in [0.1, 0.15) is 0 Å². The Balaban J connectivity index is 3.72. The zero-order valence-electron chi connectivity index (χ0n) is 4.40. The monoisotopic (exact) mass is 139 g/mol. The van der Waals surface area contributed by atoms with Crippen LogP contribution >= 0.6 is 0 Å². The number of rotatable bonds is 3. The molecule has 9 heavy (non-hydrogen) atoms. The molecular weight excluding hydrogens is 133 g/mol. The fourth-order valence-corrected chi connectivity index (χ4v) is 0.226. The van der Waals surface area contributed by atoms with Crippen LogP contribution in [0.2, 0.25) is 0 Å². The van der Waals surface area contributed by atoms with Crippen LogP contribution in [0, 0.1) is 10.1 Å². The highest BCUT2D eigenvalue weighted by atomic mass is 19.1. The van der Waals surface area contributed by atoms with E-state index in [0.29, 0.717) is 0 Å². The van der Waals surface area contributed by atoms with E-state index in [4.69, 9.17) is 10.2 Å². The van der Waals surface area contributed by atoms with Gasteiger partial charge >= 0.3 is 6.23 Å². The molecule has 0 aromatic heterocycles. The summed E-state index contributed by atoms with van der Waals surface area (Å²) in [5, 5.41) is 25.6. The summed E-state index contributed by atoms with van der Waals surface area (Å²) in [5.74, 6) is 0. The van der Waals surface area contributed by atoms with E-state index in [9.17, 15) is 14.5 Å². The van der Waals surface area contributed by atoms with Gasteiger partial charge in [0.25, 0.3) is 0 Å². The number of halogens is 1. The highest BCUT2D eigenvalue weighted by molar-refractivity contribution is 4.53. The van der Waals surface area contributed by atoms with Crippen LogP contribution in [0.25, 0.3) is 0 Å². The molecule has 0 radical (unpaired) electrons. The summed E-state index contributed by atoms with van der Waals surface area (Å²) in [7, 11) is 0. The Morgan fingerprint density at radius 1 is 1.78 bits per heavy atom. The topological polar surface area (TPSA) is 83.6 Å². The van der Waals surface area contributed by atoms with Crippen molar-refractivity contribution in [1.82, 2.24) is 0 Å². The number of hydrogen-bond donors (Lipinski definition) is 2. The first-order chi connectivity index (χ1) is 4.09. The van der Waals surface area contributed by atoms with Crippen LogP contribution in [0.5, 0.6) is 0 Å². The molecule has 0 spiro atoms. The molecule has 0 heterocycles. The fourth-order valence-electron chi connectivity index (χ4n) is 0.226. The van der Waals surface area contributed by atoms with Crippen LogP contribution in [0.4, 0.5) is 4.39 Å². The van der Waals surface area contributed by atoms with Crippen LogP contribution in [0.15, 0.2) is 0 Å². The number of nitrogens with zero attached hydrogens (tertiary/aromatic N) is 1. The number of aliphatic hydroxyl groups excluding tert-OH is 2. The summed E-state index contributed by atoms with van der Waals surface area (Å²) in [6, 6.07) is 0. The van der Waals surface area contributed by atoms with Crippen LogP contribution in [-0.4, -0.2) is 34.1 Å². The van der Waals surface area contributed by atoms with Gasteiger partial charge in [0.1, 0.15) is 0 Å². The Labute approximate surface area is 49.9 Å². The number of hydrogen-bond acceptors (Lipinski definition) is 4. The molecule has 0 aliphatic rings. The molecule has 0 saturated carbocycles. The maximum atomic E-state index is 11.8. The first kappa shape index (κ1) is 8.25. The van der Waals surface area contributed by atoms with E-state index in [1.54, 1.807) is 0 Å². The quantitative estimate of drug-likeness (QED) is 0.295.